The van der Waals surface area contributed by atoms with Gasteiger partial charge in [0, 0.05) is 41.3 Å². The van der Waals surface area contributed by atoms with E-state index in [0.717, 1.165) is 40.8 Å². The van der Waals surface area contributed by atoms with E-state index in [-0.39, 0.29) is 11.1 Å². The second-order valence-electron chi connectivity index (χ2n) is 9.22. The summed E-state index contributed by atoms with van der Waals surface area (Å²) >= 11 is 0. The van der Waals surface area contributed by atoms with E-state index < -0.39 is 0 Å². The van der Waals surface area contributed by atoms with Gasteiger partial charge in [0.2, 0.25) is 0 Å². The Bertz CT molecular complexity index is 956. The summed E-state index contributed by atoms with van der Waals surface area (Å²) in [5.74, 6) is 0.912. The lowest BCUT2D eigenvalue weighted by atomic mass is 9.79. The molecule has 1 aliphatic rings. The highest BCUT2D eigenvalue weighted by atomic mass is 15.3. The van der Waals surface area contributed by atoms with Crippen molar-refractivity contribution in [1.29, 1.82) is 0 Å². The molecule has 1 aliphatic heterocycles. The molecule has 3 aromatic rings. The maximum Gasteiger partial charge on any atom is 0.151 e. The first-order chi connectivity index (χ1) is 13.2. The first-order valence-electron chi connectivity index (χ1n) is 9.94. The highest BCUT2D eigenvalue weighted by Crippen LogP contribution is 2.33. The number of rotatable bonds is 3. The van der Waals surface area contributed by atoms with Crippen LogP contribution in [0.2, 0.25) is 0 Å². The predicted molar refractivity (Wildman–Crippen MR) is 115 cm³/mol. The van der Waals surface area contributed by atoms with Crippen LogP contribution in [0.5, 0.6) is 0 Å². The van der Waals surface area contributed by atoms with Crippen LogP contribution in [0.3, 0.4) is 0 Å². The third kappa shape index (κ3) is 3.72. The highest BCUT2D eigenvalue weighted by molar-refractivity contribution is 5.92. The number of nitrogens with one attached hydrogen (secondary N) is 1. The molecule has 3 heterocycles. The van der Waals surface area contributed by atoms with Crippen molar-refractivity contribution in [2.75, 3.05) is 11.9 Å². The Kier molecular flexibility index (Phi) is 4.58. The van der Waals surface area contributed by atoms with Crippen LogP contribution >= 0.6 is 0 Å². The SMILES string of the molecule is CN(c1ccc(-c2cccc3cccnc23)nn1)C1CC(C)(C)NC(C)(C)C1. The highest BCUT2D eigenvalue weighted by Gasteiger charge is 2.39. The normalized spacial score (nSPS) is 18.9. The lowest BCUT2D eigenvalue weighted by Gasteiger charge is -2.49. The van der Waals surface area contributed by atoms with Gasteiger partial charge in [0.15, 0.2) is 5.82 Å². The molecule has 0 spiro atoms. The van der Waals surface area contributed by atoms with Crippen LogP contribution in [-0.4, -0.2) is 39.3 Å². The molecule has 0 amide bonds. The lowest BCUT2D eigenvalue weighted by molar-refractivity contribution is 0.160. The van der Waals surface area contributed by atoms with Gasteiger partial charge in [-0.2, -0.15) is 0 Å². The Labute approximate surface area is 167 Å². The van der Waals surface area contributed by atoms with Crippen molar-refractivity contribution in [3.05, 3.63) is 48.7 Å². The van der Waals surface area contributed by atoms with Gasteiger partial charge >= 0.3 is 0 Å². The van der Waals surface area contributed by atoms with Gasteiger partial charge in [-0.15, -0.1) is 10.2 Å². The Hall–Kier alpha value is -2.53. The van der Waals surface area contributed by atoms with E-state index >= 15 is 0 Å². The second-order valence-corrected chi connectivity index (χ2v) is 9.22. The van der Waals surface area contributed by atoms with E-state index in [1.807, 2.05) is 18.3 Å². The lowest BCUT2D eigenvalue weighted by Crippen LogP contribution is -2.62. The molecule has 5 heteroatoms. The molecule has 5 nitrogen and oxygen atoms in total. The summed E-state index contributed by atoms with van der Waals surface area (Å²) in [7, 11) is 2.13. The number of hydrogen-bond donors (Lipinski definition) is 1. The van der Waals surface area contributed by atoms with Crippen LogP contribution < -0.4 is 10.2 Å². The standard InChI is InChI=1S/C23H29N5/c1-22(2)14-17(15-23(3,4)27-22)28(5)20-12-11-19(25-26-20)18-10-6-8-16-9-7-13-24-21(16)18/h6-13,17,27H,14-15H2,1-5H3. The molecule has 1 N–H and O–H groups in total. The molecule has 0 unspecified atom stereocenters. The van der Waals surface area contributed by atoms with Gasteiger partial charge in [0.05, 0.1) is 11.2 Å². The summed E-state index contributed by atoms with van der Waals surface area (Å²) in [6.45, 7) is 9.10. The average Bonchev–Trinajstić information content (AvgIpc) is 2.65. The third-order valence-corrected chi connectivity index (χ3v) is 5.64. The number of piperidine rings is 1. The Balaban J connectivity index is 1.61. The molecule has 146 valence electrons. The number of hydrogen-bond acceptors (Lipinski definition) is 5. The molecular formula is C23H29N5. The Morgan fingerprint density at radius 2 is 1.64 bits per heavy atom. The molecule has 0 radical (unpaired) electrons. The van der Waals surface area contributed by atoms with Crippen LogP contribution in [0.1, 0.15) is 40.5 Å². The van der Waals surface area contributed by atoms with Crippen LogP contribution in [0.25, 0.3) is 22.2 Å². The van der Waals surface area contributed by atoms with Crippen molar-refractivity contribution in [3.8, 4) is 11.3 Å². The van der Waals surface area contributed by atoms with E-state index in [4.69, 9.17) is 0 Å². The molecule has 1 saturated heterocycles. The molecule has 2 aromatic heterocycles. The summed E-state index contributed by atoms with van der Waals surface area (Å²) in [6, 6.07) is 14.7. The number of fused-ring (bicyclic) bond motifs is 1. The van der Waals surface area contributed by atoms with Gasteiger partial charge in [0.25, 0.3) is 0 Å². The van der Waals surface area contributed by atoms with Gasteiger partial charge in [-0.05, 0) is 58.7 Å². The van der Waals surface area contributed by atoms with Gasteiger partial charge in [-0.1, -0.05) is 24.3 Å². The van der Waals surface area contributed by atoms with Gasteiger partial charge in [0.1, 0.15) is 0 Å². The summed E-state index contributed by atoms with van der Waals surface area (Å²) in [6.07, 6.45) is 3.97. The van der Waals surface area contributed by atoms with Crippen molar-refractivity contribution in [3.63, 3.8) is 0 Å². The second kappa shape index (κ2) is 6.82. The van der Waals surface area contributed by atoms with Crippen molar-refractivity contribution < 1.29 is 0 Å². The van der Waals surface area contributed by atoms with Crippen LogP contribution in [-0.2, 0) is 0 Å². The average molecular weight is 376 g/mol. The number of aromatic nitrogens is 3. The summed E-state index contributed by atoms with van der Waals surface area (Å²) in [5, 5.41) is 14.0. The largest absolute Gasteiger partial charge is 0.355 e. The van der Waals surface area contributed by atoms with Crippen molar-refractivity contribution in [2.24, 2.45) is 0 Å². The van der Waals surface area contributed by atoms with Gasteiger partial charge < -0.3 is 10.2 Å². The Morgan fingerprint density at radius 1 is 0.929 bits per heavy atom. The number of nitrogens with zero attached hydrogens (tertiary/aromatic N) is 4. The fourth-order valence-electron chi connectivity index (χ4n) is 4.70. The van der Waals surface area contributed by atoms with E-state index in [1.165, 1.54) is 0 Å². The molecule has 4 rings (SSSR count). The number of para-hydroxylation sites is 1. The first-order valence-corrected chi connectivity index (χ1v) is 9.94. The molecule has 1 fully saturated rings. The third-order valence-electron chi connectivity index (χ3n) is 5.64. The van der Waals surface area contributed by atoms with Crippen LogP contribution in [0.4, 0.5) is 5.82 Å². The topological polar surface area (TPSA) is 53.9 Å². The van der Waals surface area contributed by atoms with Crippen LogP contribution in [0.15, 0.2) is 48.7 Å². The number of benzene rings is 1. The zero-order valence-corrected chi connectivity index (χ0v) is 17.4. The van der Waals surface area contributed by atoms with Crippen LogP contribution in [0, 0.1) is 0 Å². The fraction of sp³-hybridized carbons (Fsp3) is 0.435. The maximum atomic E-state index is 4.56. The summed E-state index contributed by atoms with van der Waals surface area (Å²) < 4.78 is 0. The monoisotopic (exact) mass is 375 g/mol. The minimum atomic E-state index is 0.0999. The van der Waals surface area contributed by atoms with E-state index in [9.17, 15) is 0 Å². The molecule has 28 heavy (non-hydrogen) atoms. The summed E-state index contributed by atoms with van der Waals surface area (Å²) in [5.41, 5.74) is 3.03. The summed E-state index contributed by atoms with van der Waals surface area (Å²) in [4.78, 5) is 6.82. The predicted octanol–water partition coefficient (Wildman–Crippen LogP) is 4.44. The van der Waals surface area contributed by atoms with Gasteiger partial charge in [-0.3, -0.25) is 4.98 Å². The minimum Gasteiger partial charge on any atom is -0.355 e. The zero-order chi connectivity index (χ0) is 19.9. The van der Waals surface area contributed by atoms with E-state index in [0.29, 0.717) is 6.04 Å². The fourth-order valence-corrected chi connectivity index (χ4v) is 4.70. The van der Waals surface area contributed by atoms with Crippen molar-refractivity contribution in [2.45, 2.75) is 57.7 Å². The zero-order valence-electron chi connectivity index (χ0n) is 17.4. The molecule has 0 saturated carbocycles. The first kappa shape index (κ1) is 18.8. The number of pyridine rings is 1. The molecule has 0 atom stereocenters. The van der Waals surface area contributed by atoms with Gasteiger partial charge in [-0.25, -0.2) is 0 Å². The maximum absolute atomic E-state index is 4.56. The molecular weight excluding hydrogens is 346 g/mol. The Morgan fingerprint density at radius 3 is 2.32 bits per heavy atom. The molecule has 1 aromatic carbocycles. The molecule has 0 aliphatic carbocycles. The van der Waals surface area contributed by atoms with E-state index in [2.05, 4.69) is 90.5 Å². The van der Waals surface area contributed by atoms with Crippen molar-refractivity contribution >= 4 is 16.7 Å². The minimum absolute atomic E-state index is 0.0999. The van der Waals surface area contributed by atoms with Crippen molar-refractivity contribution in [1.82, 2.24) is 20.5 Å². The molecule has 0 bridgehead atoms. The number of anilines is 1. The quantitative estimate of drug-likeness (QED) is 0.733. The smallest absolute Gasteiger partial charge is 0.151 e. The van der Waals surface area contributed by atoms with E-state index in [1.54, 1.807) is 0 Å².